The second-order valence-corrected chi connectivity index (χ2v) is 1.71. The first-order valence-corrected chi connectivity index (χ1v) is 2.53. The molecule has 0 aliphatic rings. The molecule has 1 aromatic heterocycles. The zero-order valence-electron chi connectivity index (χ0n) is 5.13. The maximum atomic E-state index is 10.5. The topological polar surface area (TPSA) is 35.1 Å². The van der Waals surface area contributed by atoms with Gasteiger partial charge < -0.3 is 4.42 Å². The van der Waals surface area contributed by atoms with Gasteiger partial charge in [-0.2, -0.15) is 0 Å². The molecular formula is C6H7NO2. The van der Waals surface area contributed by atoms with Gasteiger partial charge >= 0.3 is 5.76 Å². The van der Waals surface area contributed by atoms with Gasteiger partial charge in [-0.15, -0.1) is 0 Å². The molecule has 9 heavy (non-hydrogen) atoms. The SMILES string of the molecule is C=Cc1cn(C)c(=O)o1. The molecule has 0 bridgehead atoms. The van der Waals surface area contributed by atoms with Crippen molar-refractivity contribution in [3.63, 3.8) is 0 Å². The average molecular weight is 125 g/mol. The smallest absolute Gasteiger partial charge is 0.408 e. The first kappa shape index (κ1) is 5.88. The Morgan fingerprint density at radius 3 is 2.78 bits per heavy atom. The quantitative estimate of drug-likeness (QED) is 0.551. The van der Waals surface area contributed by atoms with Crippen LogP contribution in [0.25, 0.3) is 6.08 Å². The van der Waals surface area contributed by atoms with Crippen molar-refractivity contribution in [2.45, 2.75) is 0 Å². The number of hydrogen-bond donors (Lipinski definition) is 0. The normalized spacial score (nSPS) is 9.44. The van der Waals surface area contributed by atoms with Crippen LogP contribution in [0.3, 0.4) is 0 Å². The Bertz CT molecular complexity index is 269. The third-order valence-electron chi connectivity index (χ3n) is 1.02. The van der Waals surface area contributed by atoms with Crippen molar-refractivity contribution < 1.29 is 4.42 Å². The minimum absolute atomic E-state index is 0.357. The van der Waals surface area contributed by atoms with Gasteiger partial charge in [-0.25, -0.2) is 4.79 Å². The lowest BCUT2D eigenvalue weighted by Crippen LogP contribution is -2.06. The summed E-state index contributed by atoms with van der Waals surface area (Å²) in [6.45, 7) is 3.44. The van der Waals surface area contributed by atoms with E-state index in [9.17, 15) is 4.79 Å². The van der Waals surface area contributed by atoms with E-state index in [-0.39, 0.29) is 5.76 Å². The Morgan fingerprint density at radius 1 is 1.89 bits per heavy atom. The number of aromatic nitrogens is 1. The van der Waals surface area contributed by atoms with Crippen LogP contribution >= 0.6 is 0 Å². The molecule has 0 N–H and O–H groups in total. The average Bonchev–Trinajstić information content (AvgIpc) is 2.13. The maximum Gasteiger partial charge on any atom is 0.419 e. The molecule has 0 amide bonds. The number of hydrogen-bond acceptors (Lipinski definition) is 2. The van der Waals surface area contributed by atoms with Crippen LogP contribution in [0.4, 0.5) is 0 Å². The van der Waals surface area contributed by atoms with Crippen molar-refractivity contribution in [2.75, 3.05) is 0 Å². The Kier molecular flexibility index (Phi) is 1.26. The van der Waals surface area contributed by atoms with E-state index in [2.05, 4.69) is 11.0 Å². The molecule has 1 aromatic rings. The summed E-state index contributed by atoms with van der Waals surface area (Å²) in [5.41, 5.74) is 0. The minimum Gasteiger partial charge on any atom is -0.408 e. The van der Waals surface area contributed by atoms with Crippen LogP contribution in [0.5, 0.6) is 0 Å². The summed E-state index contributed by atoms with van der Waals surface area (Å²) in [6.07, 6.45) is 3.07. The molecule has 1 heterocycles. The lowest BCUT2D eigenvalue weighted by atomic mass is 10.5. The van der Waals surface area contributed by atoms with Gasteiger partial charge in [0.15, 0.2) is 0 Å². The van der Waals surface area contributed by atoms with Gasteiger partial charge in [0, 0.05) is 7.05 Å². The zero-order chi connectivity index (χ0) is 6.85. The monoisotopic (exact) mass is 125 g/mol. The van der Waals surface area contributed by atoms with Crippen LogP contribution in [0.1, 0.15) is 5.76 Å². The lowest BCUT2D eigenvalue weighted by Gasteiger charge is -1.75. The number of rotatable bonds is 1. The molecule has 0 unspecified atom stereocenters. The second-order valence-electron chi connectivity index (χ2n) is 1.71. The van der Waals surface area contributed by atoms with Gasteiger partial charge in [0.05, 0.1) is 6.20 Å². The Labute approximate surface area is 52.2 Å². The summed E-state index contributed by atoms with van der Waals surface area (Å²) < 4.78 is 6.01. The first-order chi connectivity index (χ1) is 4.24. The number of nitrogens with zero attached hydrogens (tertiary/aromatic N) is 1. The molecule has 0 aromatic carbocycles. The molecule has 0 aliphatic carbocycles. The van der Waals surface area contributed by atoms with Crippen LogP contribution in [-0.2, 0) is 7.05 Å². The van der Waals surface area contributed by atoms with E-state index >= 15 is 0 Å². The molecule has 0 saturated carbocycles. The van der Waals surface area contributed by atoms with E-state index in [1.54, 1.807) is 13.2 Å². The van der Waals surface area contributed by atoms with E-state index in [1.807, 2.05) is 0 Å². The predicted molar refractivity (Wildman–Crippen MR) is 34.0 cm³/mol. The predicted octanol–water partition coefficient (Wildman–Crippen LogP) is 0.621. The van der Waals surface area contributed by atoms with E-state index in [1.165, 1.54) is 10.6 Å². The summed E-state index contributed by atoms with van der Waals surface area (Å²) in [5.74, 6) is 0.146. The first-order valence-electron chi connectivity index (χ1n) is 2.53. The summed E-state index contributed by atoms with van der Waals surface area (Å²) in [5, 5.41) is 0. The van der Waals surface area contributed by atoms with Crippen molar-refractivity contribution in [1.29, 1.82) is 0 Å². The third kappa shape index (κ3) is 0.937. The van der Waals surface area contributed by atoms with Gasteiger partial charge in [-0.1, -0.05) is 6.58 Å². The van der Waals surface area contributed by atoms with E-state index in [0.29, 0.717) is 5.76 Å². The molecule has 0 spiro atoms. The van der Waals surface area contributed by atoms with Crippen LogP contribution in [-0.4, -0.2) is 4.57 Å². The van der Waals surface area contributed by atoms with Crippen LogP contribution in [0, 0.1) is 0 Å². The minimum atomic E-state index is -0.357. The van der Waals surface area contributed by atoms with Crippen LogP contribution in [0.2, 0.25) is 0 Å². The van der Waals surface area contributed by atoms with E-state index < -0.39 is 0 Å². The van der Waals surface area contributed by atoms with Crippen molar-refractivity contribution in [2.24, 2.45) is 7.05 Å². The lowest BCUT2D eigenvalue weighted by molar-refractivity contribution is 0.488. The molecule has 1 rings (SSSR count). The summed E-state index contributed by atoms with van der Waals surface area (Å²) in [6, 6.07) is 0. The fourth-order valence-electron chi connectivity index (χ4n) is 0.537. The summed E-state index contributed by atoms with van der Waals surface area (Å²) in [7, 11) is 1.62. The highest BCUT2D eigenvalue weighted by atomic mass is 16.4. The molecule has 0 fully saturated rings. The van der Waals surface area contributed by atoms with Crippen LogP contribution < -0.4 is 5.76 Å². The highest BCUT2D eigenvalue weighted by Gasteiger charge is 1.94. The Morgan fingerprint density at radius 2 is 2.56 bits per heavy atom. The molecule has 0 radical (unpaired) electrons. The number of aryl methyl sites for hydroxylation is 1. The Balaban J connectivity index is 3.28. The van der Waals surface area contributed by atoms with E-state index in [4.69, 9.17) is 0 Å². The van der Waals surface area contributed by atoms with Crippen molar-refractivity contribution in [3.05, 3.63) is 29.1 Å². The van der Waals surface area contributed by atoms with Gasteiger partial charge in [-0.05, 0) is 6.08 Å². The Hall–Kier alpha value is -1.25. The van der Waals surface area contributed by atoms with Gasteiger partial charge in [-0.3, -0.25) is 4.57 Å². The maximum absolute atomic E-state index is 10.5. The number of oxazole rings is 1. The molecule has 0 atom stereocenters. The fraction of sp³-hybridized carbons (Fsp3) is 0.167. The second kappa shape index (κ2) is 1.93. The molecule has 0 saturated heterocycles. The van der Waals surface area contributed by atoms with Gasteiger partial charge in [0.2, 0.25) is 0 Å². The molecular weight excluding hydrogens is 118 g/mol. The summed E-state index contributed by atoms with van der Waals surface area (Å²) >= 11 is 0. The van der Waals surface area contributed by atoms with Crippen molar-refractivity contribution in [1.82, 2.24) is 4.57 Å². The van der Waals surface area contributed by atoms with Crippen LogP contribution in [0.15, 0.2) is 22.0 Å². The van der Waals surface area contributed by atoms with Gasteiger partial charge in [0.1, 0.15) is 5.76 Å². The van der Waals surface area contributed by atoms with Gasteiger partial charge in [0.25, 0.3) is 0 Å². The molecule has 48 valence electrons. The zero-order valence-corrected chi connectivity index (χ0v) is 5.13. The highest BCUT2D eigenvalue weighted by Crippen LogP contribution is 1.93. The largest absolute Gasteiger partial charge is 0.419 e. The van der Waals surface area contributed by atoms with Crippen molar-refractivity contribution in [3.8, 4) is 0 Å². The van der Waals surface area contributed by atoms with Crippen molar-refractivity contribution >= 4 is 6.08 Å². The highest BCUT2D eigenvalue weighted by molar-refractivity contribution is 5.36. The van der Waals surface area contributed by atoms with E-state index in [0.717, 1.165) is 0 Å². The third-order valence-corrected chi connectivity index (χ3v) is 1.02. The fourth-order valence-corrected chi connectivity index (χ4v) is 0.537. The molecule has 3 heteroatoms. The molecule has 0 aliphatic heterocycles. The standard InChI is InChI=1S/C6H7NO2/c1-3-5-4-7(2)6(8)9-5/h3-4H,1H2,2H3. The summed E-state index contributed by atoms with van der Waals surface area (Å²) in [4.78, 5) is 10.5. The molecule has 3 nitrogen and oxygen atoms in total.